The highest BCUT2D eigenvalue weighted by atomic mass is 35.5. The largest absolute Gasteiger partial charge is 0.381 e. The van der Waals surface area contributed by atoms with E-state index in [1.165, 1.54) is 57.3 Å². The molecule has 0 radical (unpaired) electrons. The third kappa shape index (κ3) is 4.10. The van der Waals surface area contributed by atoms with Gasteiger partial charge in [0.05, 0.1) is 0 Å². The molecule has 1 spiro atoms. The van der Waals surface area contributed by atoms with E-state index in [4.69, 9.17) is 4.74 Å². The molecule has 3 fully saturated rings. The fraction of sp³-hybridized carbons (Fsp3) is 0.778. The second-order valence-electron chi connectivity index (χ2n) is 7.45. The van der Waals surface area contributed by atoms with Gasteiger partial charge >= 0.3 is 0 Å². The average molecular weight is 357 g/mol. The van der Waals surface area contributed by atoms with Gasteiger partial charge in [0.25, 0.3) is 0 Å². The molecule has 0 aromatic carbocycles. The molecule has 1 aliphatic carbocycles. The number of ether oxygens (including phenoxy) is 1. The fourth-order valence-corrected chi connectivity index (χ4v) is 5.09. The number of hydrogen-bond donors (Lipinski definition) is 1. The van der Waals surface area contributed by atoms with Gasteiger partial charge < -0.3 is 10.1 Å². The zero-order valence-corrected chi connectivity index (χ0v) is 15.5. The van der Waals surface area contributed by atoms with Crippen LogP contribution in [0, 0.1) is 11.3 Å². The van der Waals surface area contributed by atoms with Crippen LogP contribution >= 0.6 is 23.7 Å². The van der Waals surface area contributed by atoms with Crippen molar-refractivity contribution in [1.82, 2.24) is 10.2 Å². The highest BCUT2D eigenvalue weighted by molar-refractivity contribution is 7.07. The van der Waals surface area contributed by atoms with E-state index in [0.29, 0.717) is 5.41 Å². The van der Waals surface area contributed by atoms with E-state index in [9.17, 15) is 0 Å². The van der Waals surface area contributed by atoms with Crippen LogP contribution in [0.5, 0.6) is 0 Å². The molecule has 2 saturated heterocycles. The molecule has 1 aromatic rings. The summed E-state index contributed by atoms with van der Waals surface area (Å²) < 4.78 is 5.56. The Morgan fingerprint density at radius 2 is 2.22 bits per heavy atom. The maximum Gasteiger partial charge on any atom is 0.0495 e. The average Bonchev–Trinajstić information content (AvgIpc) is 2.98. The second-order valence-corrected chi connectivity index (χ2v) is 8.23. The zero-order chi connectivity index (χ0) is 14.8. The molecule has 5 heteroatoms. The molecule has 4 rings (SSSR count). The molecule has 3 heterocycles. The van der Waals surface area contributed by atoms with Gasteiger partial charge in [-0.3, -0.25) is 4.90 Å². The molecule has 1 N–H and O–H groups in total. The Hall–Kier alpha value is -0.130. The van der Waals surface area contributed by atoms with Gasteiger partial charge in [0.15, 0.2) is 0 Å². The Morgan fingerprint density at radius 3 is 2.91 bits per heavy atom. The van der Waals surface area contributed by atoms with Crippen LogP contribution in [0.25, 0.3) is 0 Å². The highest BCUT2D eigenvalue weighted by Crippen LogP contribution is 2.56. The smallest absolute Gasteiger partial charge is 0.0495 e. The fourth-order valence-electron chi connectivity index (χ4n) is 4.43. The zero-order valence-electron chi connectivity index (χ0n) is 13.8. The minimum Gasteiger partial charge on any atom is -0.381 e. The van der Waals surface area contributed by atoms with Gasteiger partial charge in [-0.25, -0.2) is 0 Å². The lowest BCUT2D eigenvalue weighted by molar-refractivity contribution is 0.164. The Kier molecular flexibility index (Phi) is 6.02. The molecule has 23 heavy (non-hydrogen) atoms. The van der Waals surface area contributed by atoms with Crippen molar-refractivity contribution in [3.05, 3.63) is 22.4 Å². The maximum atomic E-state index is 5.56. The van der Waals surface area contributed by atoms with Gasteiger partial charge in [0.2, 0.25) is 0 Å². The summed E-state index contributed by atoms with van der Waals surface area (Å²) in [6, 6.07) is 3.13. The van der Waals surface area contributed by atoms with Crippen molar-refractivity contribution in [3.8, 4) is 0 Å². The molecular weight excluding hydrogens is 328 g/mol. The van der Waals surface area contributed by atoms with E-state index >= 15 is 0 Å². The molecule has 2 atom stereocenters. The van der Waals surface area contributed by atoms with Crippen molar-refractivity contribution in [3.63, 3.8) is 0 Å². The maximum absolute atomic E-state index is 5.56. The first-order valence-corrected chi connectivity index (χ1v) is 9.84. The standard InChI is InChI=1S/C18H28N2OS.ClH/c1(15-2-9-21-13-15)8-20(12-16-3-10-22-14-16)17-11-18(17)4-6-19-7-5-18;/h3,10,14-15,17,19H,1-2,4-9,11-13H2;1H. The minimum atomic E-state index is 0. The molecule has 3 aliphatic rings. The highest BCUT2D eigenvalue weighted by Gasteiger charge is 2.56. The summed E-state index contributed by atoms with van der Waals surface area (Å²) in [7, 11) is 0. The third-order valence-corrected chi connectivity index (χ3v) is 6.73. The van der Waals surface area contributed by atoms with Gasteiger partial charge in [-0.1, -0.05) is 0 Å². The SMILES string of the molecule is Cl.c1cc(CN(CCC2CCOC2)C2CC23CCNCC3)cs1. The van der Waals surface area contributed by atoms with E-state index in [1.54, 1.807) is 0 Å². The number of nitrogens with one attached hydrogen (secondary N) is 1. The topological polar surface area (TPSA) is 24.5 Å². The Bertz CT molecular complexity index is 469. The molecule has 130 valence electrons. The van der Waals surface area contributed by atoms with Crippen molar-refractivity contribution >= 4 is 23.7 Å². The first kappa shape index (κ1) is 17.7. The third-order valence-electron chi connectivity index (χ3n) is 6.00. The van der Waals surface area contributed by atoms with Gasteiger partial charge in [0, 0.05) is 25.8 Å². The molecule has 2 aliphatic heterocycles. The summed E-state index contributed by atoms with van der Waals surface area (Å²) in [4.78, 5) is 2.80. The Morgan fingerprint density at radius 1 is 1.35 bits per heavy atom. The minimum absolute atomic E-state index is 0. The van der Waals surface area contributed by atoms with Crippen molar-refractivity contribution in [2.24, 2.45) is 11.3 Å². The second kappa shape index (κ2) is 7.83. The summed E-state index contributed by atoms with van der Waals surface area (Å²) >= 11 is 1.83. The van der Waals surface area contributed by atoms with Gasteiger partial charge in [-0.05, 0) is 85.5 Å². The molecular formula is C18H29ClN2OS. The summed E-state index contributed by atoms with van der Waals surface area (Å²) in [5.41, 5.74) is 2.15. The van der Waals surface area contributed by atoms with Crippen molar-refractivity contribution in [2.75, 3.05) is 32.8 Å². The molecule has 2 unspecified atom stereocenters. The number of piperidine rings is 1. The van der Waals surface area contributed by atoms with Gasteiger partial charge in [-0.15, -0.1) is 12.4 Å². The van der Waals surface area contributed by atoms with Gasteiger partial charge in [0.1, 0.15) is 0 Å². The van der Waals surface area contributed by atoms with E-state index in [1.807, 2.05) is 11.3 Å². The summed E-state index contributed by atoms with van der Waals surface area (Å²) in [5, 5.41) is 8.07. The summed E-state index contributed by atoms with van der Waals surface area (Å²) in [6.07, 6.45) is 6.77. The van der Waals surface area contributed by atoms with Crippen LogP contribution in [0.1, 0.15) is 37.7 Å². The molecule has 1 saturated carbocycles. The van der Waals surface area contributed by atoms with Gasteiger partial charge in [-0.2, -0.15) is 11.3 Å². The quantitative estimate of drug-likeness (QED) is 0.843. The number of hydrogen-bond acceptors (Lipinski definition) is 4. The molecule has 0 amide bonds. The van der Waals surface area contributed by atoms with E-state index < -0.39 is 0 Å². The van der Waals surface area contributed by atoms with Crippen LogP contribution in [0.2, 0.25) is 0 Å². The van der Waals surface area contributed by atoms with Crippen LogP contribution in [0.15, 0.2) is 16.8 Å². The molecule has 0 bridgehead atoms. The van der Waals surface area contributed by atoms with E-state index in [-0.39, 0.29) is 12.4 Å². The Labute approximate surface area is 150 Å². The Balaban J connectivity index is 0.00000156. The predicted molar refractivity (Wildman–Crippen MR) is 98.5 cm³/mol. The lowest BCUT2D eigenvalue weighted by Gasteiger charge is -2.30. The normalized spacial score (nSPS) is 28.9. The number of halogens is 1. The monoisotopic (exact) mass is 356 g/mol. The van der Waals surface area contributed by atoms with Crippen LogP contribution in [-0.4, -0.2) is 43.8 Å². The van der Waals surface area contributed by atoms with Crippen LogP contribution in [0.4, 0.5) is 0 Å². The number of rotatable bonds is 6. The lowest BCUT2D eigenvalue weighted by atomic mass is 9.93. The molecule has 3 nitrogen and oxygen atoms in total. The van der Waals surface area contributed by atoms with Crippen LogP contribution in [-0.2, 0) is 11.3 Å². The summed E-state index contributed by atoms with van der Waals surface area (Å²) in [5.74, 6) is 0.799. The lowest BCUT2D eigenvalue weighted by Crippen LogP contribution is -2.36. The van der Waals surface area contributed by atoms with Crippen molar-refractivity contribution in [1.29, 1.82) is 0 Å². The molecule has 1 aromatic heterocycles. The summed E-state index contributed by atoms with van der Waals surface area (Å²) in [6.45, 7) is 6.82. The number of thiophene rings is 1. The van der Waals surface area contributed by atoms with Crippen LogP contribution in [0.3, 0.4) is 0 Å². The predicted octanol–water partition coefficient (Wildman–Crippen LogP) is 3.54. The number of nitrogens with zero attached hydrogens (tertiary/aromatic N) is 1. The van der Waals surface area contributed by atoms with E-state index in [0.717, 1.165) is 31.7 Å². The van der Waals surface area contributed by atoms with Crippen molar-refractivity contribution in [2.45, 2.75) is 44.7 Å². The van der Waals surface area contributed by atoms with Crippen molar-refractivity contribution < 1.29 is 4.74 Å². The first-order valence-electron chi connectivity index (χ1n) is 8.89. The first-order chi connectivity index (χ1) is 10.9. The van der Waals surface area contributed by atoms with E-state index in [2.05, 4.69) is 27.0 Å². The van der Waals surface area contributed by atoms with Crippen LogP contribution < -0.4 is 5.32 Å².